The molecule has 0 N–H and O–H groups in total. The Balaban J connectivity index is 1.28. The van der Waals surface area contributed by atoms with Crippen LogP contribution in [0.4, 0.5) is 17.6 Å². The number of alkyl halides is 2. The first kappa shape index (κ1) is 26.1. The van der Waals surface area contributed by atoms with Crippen LogP contribution in [0.1, 0.15) is 49.6 Å². The molecule has 2 aliphatic heterocycles. The lowest BCUT2D eigenvalue weighted by atomic mass is 10.0. The molecule has 0 amide bonds. The van der Waals surface area contributed by atoms with Crippen LogP contribution in [0.15, 0.2) is 45.6 Å². The van der Waals surface area contributed by atoms with Crippen molar-refractivity contribution in [3.63, 3.8) is 0 Å². The average molecular weight is 562 g/mol. The van der Waals surface area contributed by atoms with Crippen molar-refractivity contribution in [2.24, 2.45) is 0 Å². The number of hydrogen-bond donors (Lipinski definition) is 0. The minimum Gasteiger partial charge on any atom is -0.415 e. The number of nitrogens with zero attached hydrogens (tertiary/aromatic N) is 5. The summed E-state index contributed by atoms with van der Waals surface area (Å²) in [6, 6.07) is 8.82. The van der Waals surface area contributed by atoms with Crippen LogP contribution in [0, 0.1) is 11.6 Å². The third kappa shape index (κ3) is 5.11. The fraction of sp³-hybridized carbons (Fsp3) is 0.444. The SMILES string of the molecule is O=c1n(Cc2ccc(-c3nnc(C(F)F)o3)cc2F)c2cc(F)ccc2n1C1CCN(C2CCSCC2)CC1. The van der Waals surface area contributed by atoms with Crippen molar-refractivity contribution in [2.75, 3.05) is 24.6 Å². The number of rotatable bonds is 6. The Morgan fingerprint density at radius 3 is 2.41 bits per heavy atom. The van der Waals surface area contributed by atoms with Crippen molar-refractivity contribution in [1.82, 2.24) is 24.2 Å². The number of thioether (sulfide) groups is 1. The summed E-state index contributed by atoms with van der Waals surface area (Å²) in [5.74, 6) is 0.135. The van der Waals surface area contributed by atoms with Crippen LogP contribution in [0.25, 0.3) is 22.5 Å². The van der Waals surface area contributed by atoms with E-state index in [9.17, 15) is 18.0 Å². The van der Waals surface area contributed by atoms with Gasteiger partial charge in [0.1, 0.15) is 11.6 Å². The summed E-state index contributed by atoms with van der Waals surface area (Å²) >= 11 is 2.00. The van der Waals surface area contributed by atoms with E-state index in [0.29, 0.717) is 17.1 Å². The standard InChI is InChI=1S/C27H27F4N5O2S/c28-18-3-4-22-23(14-18)35(15-17-2-1-16(13-21(17)29)25-32-33-26(38-25)24(30)31)27(37)36(22)20-5-9-34(10-6-20)19-7-11-39-12-8-19/h1-4,13-14,19-20,24H,5-12,15H2. The molecule has 0 bridgehead atoms. The second-order valence-corrected chi connectivity index (χ2v) is 11.3. The molecule has 2 aromatic carbocycles. The maximum absolute atomic E-state index is 15.1. The van der Waals surface area contributed by atoms with E-state index in [1.165, 1.54) is 53.2 Å². The summed E-state index contributed by atoms with van der Waals surface area (Å²) in [4.78, 5) is 16.2. The van der Waals surface area contributed by atoms with Crippen molar-refractivity contribution in [1.29, 1.82) is 0 Å². The molecule has 4 heterocycles. The molecule has 6 rings (SSSR count). The van der Waals surface area contributed by atoms with Gasteiger partial charge in [-0.2, -0.15) is 20.5 Å². The van der Waals surface area contributed by atoms with Gasteiger partial charge in [-0.1, -0.05) is 6.07 Å². The van der Waals surface area contributed by atoms with Crippen LogP contribution in [0.5, 0.6) is 0 Å². The van der Waals surface area contributed by atoms with Crippen LogP contribution in [-0.4, -0.2) is 54.9 Å². The van der Waals surface area contributed by atoms with Gasteiger partial charge in [-0.15, -0.1) is 10.2 Å². The van der Waals surface area contributed by atoms with E-state index in [1.54, 1.807) is 10.6 Å². The summed E-state index contributed by atoms with van der Waals surface area (Å²) in [7, 11) is 0. The zero-order valence-corrected chi connectivity index (χ0v) is 21.8. The monoisotopic (exact) mass is 561 g/mol. The second kappa shape index (κ2) is 10.8. The fourth-order valence-electron chi connectivity index (χ4n) is 5.74. The van der Waals surface area contributed by atoms with Crippen LogP contribution in [-0.2, 0) is 6.54 Å². The van der Waals surface area contributed by atoms with Gasteiger partial charge in [0.15, 0.2) is 0 Å². The van der Waals surface area contributed by atoms with Crippen molar-refractivity contribution in [3.8, 4) is 11.5 Å². The van der Waals surface area contributed by atoms with E-state index >= 15 is 4.39 Å². The molecule has 2 aliphatic rings. The molecule has 0 unspecified atom stereocenters. The predicted octanol–water partition coefficient (Wildman–Crippen LogP) is 5.65. The number of halogens is 4. The minimum absolute atomic E-state index is 0.0327. The number of hydrogen-bond acceptors (Lipinski definition) is 6. The van der Waals surface area contributed by atoms with Gasteiger partial charge in [0.05, 0.1) is 17.6 Å². The van der Waals surface area contributed by atoms with Gasteiger partial charge >= 0.3 is 12.1 Å². The molecule has 4 aromatic rings. The number of fused-ring (bicyclic) bond motifs is 1. The lowest BCUT2D eigenvalue weighted by Gasteiger charge is -2.39. The average Bonchev–Trinajstić information content (AvgIpc) is 3.54. The number of benzene rings is 2. The van der Waals surface area contributed by atoms with Gasteiger partial charge in [-0.05, 0) is 67.5 Å². The zero-order chi connectivity index (χ0) is 27.1. The highest BCUT2D eigenvalue weighted by molar-refractivity contribution is 7.99. The first-order valence-corrected chi connectivity index (χ1v) is 14.2. The van der Waals surface area contributed by atoms with Crippen LogP contribution < -0.4 is 5.69 Å². The van der Waals surface area contributed by atoms with Crippen molar-refractivity contribution >= 4 is 22.8 Å². The Morgan fingerprint density at radius 2 is 1.72 bits per heavy atom. The van der Waals surface area contributed by atoms with E-state index in [1.807, 2.05) is 11.8 Å². The molecule has 39 heavy (non-hydrogen) atoms. The lowest BCUT2D eigenvalue weighted by molar-refractivity contribution is 0.116. The highest BCUT2D eigenvalue weighted by Crippen LogP contribution is 2.31. The maximum atomic E-state index is 15.1. The van der Waals surface area contributed by atoms with Gasteiger partial charge in [0.25, 0.3) is 5.89 Å². The van der Waals surface area contributed by atoms with E-state index in [4.69, 9.17) is 4.42 Å². The van der Waals surface area contributed by atoms with Gasteiger partial charge in [0.2, 0.25) is 5.89 Å². The largest absolute Gasteiger partial charge is 0.415 e. The molecule has 206 valence electrons. The van der Waals surface area contributed by atoms with Crippen molar-refractivity contribution in [3.05, 3.63) is 70.0 Å². The number of imidazole rings is 1. The molecule has 0 atom stereocenters. The lowest BCUT2D eigenvalue weighted by Crippen LogP contribution is -2.44. The Bertz CT molecular complexity index is 1540. The molecule has 0 saturated carbocycles. The summed E-state index contributed by atoms with van der Waals surface area (Å²) in [6.07, 6.45) is 1.08. The molecule has 2 aromatic heterocycles. The highest BCUT2D eigenvalue weighted by Gasteiger charge is 2.29. The minimum atomic E-state index is -2.93. The molecular formula is C27H27F4N5O2S. The summed E-state index contributed by atoms with van der Waals surface area (Å²) in [5.41, 5.74) is 1.03. The van der Waals surface area contributed by atoms with Crippen LogP contribution >= 0.6 is 11.8 Å². The smallest absolute Gasteiger partial charge is 0.329 e. The molecule has 12 heteroatoms. The van der Waals surface area contributed by atoms with E-state index in [2.05, 4.69) is 15.1 Å². The number of likely N-dealkylation sites (tertiary alicyclic amines) is 1. The Labute approximate surface area is 225 Å². The van der Waals surface area contributed by atoms with Gasteiger partial charge in [-0.25, -0.2) is 13.6 Å². The van der Waals surface area contributed by atoms with Gasteiger partial charge < -0.3 is 9.32 Å². The molecule has 2 fully saturated rings. The predicted molar refractivity (Wildman–Crippen MR) is 140 cm³/mol. The normalized spacial score (nSPS) is 18.0. The third-order valence-electron chi connectivity index (χ3n) is 7.75. The van der Waals surface area contributed by atoms with E-state index in [-0.39, 0.29) is 35.3 Å². The Hall–Kier alpha value is -3.12. The summed E-state index contributed by atoms with van der Waals surface area (Å²) in [6.45, 7) is 1.68. The second-order valence-electron chi connectivity index (χ2n) is 10.0. The van der Waals surface area contributed by atoms with Gasteiger partial charge in [0, 0.05) is 36.3 Å². The van der Waals surface area contributed by atoms with Gasteiger partial charge in [-0.3, -0.25) is 9.13 Å². The summed E-state index contributed by atoms with van der Waals surface area (Å²) in [5, 5.41) is 6.82. The molecule has 0 radical (unpaired) electrons. The van der Waals surface area contributed by atoms with Crippen LogP contribution in [0.3, 0.4) is 0 Å². The quantitative estimate of drug-likeness (QED) is 0.284. The van der Waals surface area contributed by atoms with E-state index < -0.39 is 24.0 Å². The fourth-order valence-corrected chi connectivity index (χ4v) is 6.82. The molecular weight excluding hydrogens is 534 g/mol. The molecule has 0 spiro atoms. The Kier molecular flexibility index (Phi) is 7.23. The van der Waals surface area contributed by atoms with Crippen LogP contribution in [0.2, 0.25) is 0 Å². The first-order chi connectivity index (χ1) is 18.9. The topological polar surface area (TPSA) is 69.1 Å². The number of aromatic nitrogens is 4. The highest BCUT2D eigenvalue weighted by atomic mass is 32.2. The molecule has 2 saturated heterocycles. The van der Waals surface area contributed by atoms with Crippen molar-refractivity contribution < 1.29 is 22.0 Å². The molecule has 7 nitrogen and oxygen atoms in total. The third-order valence-corrected chi connectivity index (χ3v) is 8.80. The number of piperidine rings is 1. The summed E-state index contributed by atoms with van der Waals surface area (Å²) < 4.78 is 63.0. The Morgan fingerprint density at radius 1 is 0.949 bits per heavy atom. The maximum Gasteiger partial charge on any atom is 0.329 e. The first-order valence-electron chi connectivity index (χ1n) is 13.0. The van der Waals surface area contributed by atoms with Crippen molar-refractivity contribution in [2.45, 2.75) is 50.7 Å². The zero-order valence-electron chi connectivity index (χ0n) is 21.0. The van der Waals surface area contributed by atoms with E-state index in [0.717, 1.165) is 32.0 Å². The molecule has 0 aliphatic carbocycles.